The molecule has 1 unspecified atom stereocenters. The molecule has 0 bridgehead atoms. The van der Waals surface area contributed by atoms with E-state index in [4.69, 9.17) is 20.8 Å². The number of fused-ring (bicyclic) bond motifs is 1. The van der Waals surface area contributed by atoms with Gasteiger partial charge in [0.15, 0.2) is 28.0 Å². The van der Waals surface area contributed by atoms with Gasteiger partial charge in [-0.25, -0.2) is 4.98 Å². The lowest BCUT2D eigenvalue weighted by atomic mass is 9.95. The largest absolute Gasteiger partial charge is 0.503 e. The molecule has 5 rings (SSSR count). The van der Waals surface area contributed by atoms with Crippen molar-refractivity contribution < 1.29 is 23.8 Å². The summed E-state index contributed by atoms with van der Waals surface area (Å²) in [5, 5.41) is 13.9. The quantitative estimate of drug-likeness (QED) is 0.399. The number of anilines is 1. The zero-order valence-corrected chi connectivity index (χ0v) is 18.2. The highest BCUT2D eigenvalue weighted by atomic mass is 35.5. The normalized spacial score (nSPS) is 16.2. The number of nitrogens with zero attached hydrogens (tertiary/aromatic N) is 2. The van der Waals surface area contributed by atoms with Gasteiger partial charge < -0.3 is 14.3 Å². The molecule has 1 atom stereocenters. The minimum absolute atomic E-state index is 0.0214. The molecule has 0 radical (unpaired) electrons. The lowest BCUT2D eigenvalue weighted by Gasteiger charge is -2.24. The Morgan fingerprint density at radius 2 is 2.06 bits per heavy atom. The van der Waals surface area contributed by atoms with E-state index in [2.05, 4.69) is 4.98 Å². The lowest BCUT2D eigenvalue weighted by molar-refractivity contribution is -0.117. The monoisotopic (exact) mass is 466 g/mol. The van der Waals surface area contributed by atoms with Gasteiger partial charge >= 0.3 is 0 Å². The van der Waals surface area contributed by atoms with Gasteiger partial charge in [-0.05, 0) is 29.8 Å². The van der Waals surface area contributed by atoms with E-state index in [9.17, 15) is 14.7 Å². The van der Waals surface area contributed by atoms with Crippen LogP contribution in [-0.2, 0) is 4.79 Å². The van der Waals surface area contributed by atoms with Crippen molar-refractivity contribution in [3.05, 3.63) is 87.8 Å². The van der Waals surface area contributed by atoms with Gasteiger partial charge in [-0.3, -0.25) is 14.5 Å². The molecule has 0 aliphatic carbocycles. The molecule has 1 N–H and O–H groups in total. The maximum absolute atomic E-state index is 13.6. The van der Waals surface area contributed by atoms with Crippen molar-refractivity contribution in [2.45, 2.75) is 6.04 Å². The Morgan fingerprint density at radius 3 is 2.78 bits per heavy atom. The van der Waals surface area contributed by atoms with Crippen LogP contribution in [-0.4, -0.2) is 28.9 Å². The van der Waals surface area contributed by atoms with E-state index in [1.54, 1.807) is 60.1 Å². The number of aliphatic hydroxyl groups excluding tert-OH is 1. The van der Waals surface area contributed by atoms with Crippen LogP contribution < -0.4 is 9.64 Å². The number of carbonyl (C=O) groups excluding carboxylic acids is 2. The zero-order valence-electron chi connectivity index (χ0n) is 16.6. The molecular weight excluding hydrogens is 452 g/mol. The second-order valence-corrected chi connectivity index (χ2v) is 8.34. The van der Waals surface area contributed by atoms with Crippen LogP contribution in [0.1, 0.15) is 22.2 Å². The van der Waals surface area contributed by atoms with E-state index in [1.165, 1.54) is 23.3 Å². The van der Waals surface area contributed by atoms with Crippen molar-refractivity contribution in [2.24, 2.45) is 0 Å². The average Bonchev–Trinajstić information content (AvgIpc) is 3.52. The summed E-state index contributed by atoms with van der Waals surface area (Å²) in [5.41, 5.74) is 0.853. The number of methoxy groups -OCH3 is 1. The van der Waals surface area contributed by atoms with Crippen LogP contribution in [0.2, 0.25) is 5.02 Å². The van der Waals surface area contributed by atoms with Gasteiger partial charge in [-0.2, -0.15) is 0 Å². The van der Waals surface area contributed by atoms with Gasteiger partial charge in [-0.15, -0.1) is 11.3 Å². The van der Waals surface area contributed by atoms with E-state index in [-0.39, 0.29) is 11.3 Å². The second kappa shape index (κ2) is 7.81. The Kier molecular flexibility index (Phi) is 4.96. The smallest absolute Gasteiger partial charge is 0.296 e. The summed E-state index contributed by atoms with van der Waals surface area (Å²) < 4.78 is 11.1. The molecule has 0 spiro atoms. The number of benzene rings is 2. The lowest BCUT2D eigenvalue weighted by Crippen LogP contribution is -2.30. The standard InChI is InChI=1S/C23H15ClN2O5S/c1-30-15-7-3-5-13-11-16(31-21(13)15)19(27)17-18(12-4-2-6-14(24)10-12)26(22(29)20(17)28)23-25-8-9-32-23/h2-11,18,28H,1H3. The second-order valence-electron chi connectivity index (χ2n) is 7.03. The van der Waals surface area contributed by atoms with Crippen molar-refractivity contribution >= 4 is 50.7 Å². The molecule has 1 aliphatic heterocycles. The number of hydrogen-bond acceptors (Lipinski definition) is 7. The average molecular weight is 467 g/mol. The Hall–Kier alpha value is -3.62. The minimum Gasteiger partial charge on any atom is -0.503 e. The fourth-order valence-electron chi connectivity index (χ4n) is 3.80. The number of hydrogen-bond donors (Lipinski definition) is 1. The number of rotatable bonds is 5. The van der Waals surface area contributed by atoms with Crippen LogP contribution in [0.3, 0.4) is 0 Å². The van der Waals surface area contributed by atoms with E-state index >= 15 is 0 Å². The van der Waals surface area contributed by atoms with Crippen molar-refractivity contribution in [2.75, 3.05) is 12.0 Å². The third kappa shape index (κ3) is 3.16. The van der Waals surface area contributed by atoms with Crippen molar-refractivity contribution in [3.8, 4) is 5.75 Å². The van der Waals surface area contributed by atoms with E-state index in [1.807, 2.05) is 0 Å². The number of carbonyl (C=O) groups is 2. The molecule has 0 saturated carbocycles. The molecule has 32 heavy (non-hydrogen) atoms. The molecule has 1 aliphatic rings. The molecule has 3 heterocycles. The van der Waals surface area contributed by atoms with Gasteiger partial charge in [0.25, 0.3) is 5.91 Å². The number of amides is 1. The number of ether oxygens (including phenoxy) is 1. The maximum Gasteiger partial charge on any atom is 0.296 e. The number of halogens is 1. The summed E-state index contributed by atoms with van der Waals surface area (Å²) >= 11 is 7.41. The fourth-order valence-corrected chi connectivity index (χ4v) is 4.67. The van der Waals surface area contributed by atoms with Crippen LogP contribution in [0.4, 0.5) is 5.13 Å². The molecule has 2 aromatic carbocycles. The first-order chi connectivity index (χ1) is 15.5. The number of Topliss-reactive ketones (excluding diaryl/α,β-unsaturated/α-hetero) is 1. The number of ketones is 1. The van der Waals surface area contributed by atoms with Crippen molar-refractivity contribution in [1.29, 1.82) is 0 Å². The highest BCUT2D eigenvalue weighted by Crippen LogP contribution is 2.43. The predicted molar refractivity (Wildman–Crippen MR) is 121 cm³/mol. The number of aromatic nitrogens is 1. The summed E-state index contributed by atoms with van der Waals surface area (Å²) in [5.74, 6) is -1.53. The number of aliphatic hydroxyl groups is 1. The number of thiazole rings is 1. The number of furan rings is 1. The molecule has 9 heteroatoms. The minimum atomic E-state index is -0.921. The molecule has 2 aromatic heterocycles. The Labute approximate surface area is 191 Å². The Morgan fingerprint density at radius 1 is 1.25 bits per heavy atom. The summed E-state index contributed by atoms with van der Waals surface area (Å²) in [6.07, 6.45) is 1.55. The van der Waals surface area contributed by atoms with Crippen LogP contribution in [0.15, 0.2) is 75.9 Å². The van der Waals surface area contributed by atoms with E-state index in [0.717, 1.165) is 0 Å². The third-order valence-corrected chi connectivity index (χ3v) is 6.20. The van der Waals surface area contributed by atoms with Gasteiger partial charge in [0, 0.05) is 22.0 Å². The molecule has 160 valence electrons. The zero-order chi connectivity index (χ0) is 22.4. The topological polar surface area (TPSA) is 92.9 Å². The van der Waals surface area contributed by atoms with Crippen LogP contribution >= 0.6 is 22.9 Å². The van der Waals surface area contributed by atoms with Crippen LogP contribution in [0.5, 0.6) is 5.75 Å². The van der Waals surface area contributed by atoms with Crippen molar-refractivity contribution in [1.82, 2.24) is 4.98 Å². The highest BCUT2D eigenvalue weighted by molar-refractivity contribution is 7.13. The highest BCUT2D eigenvalue weighted by Gasteiger charge is 2.46. The Bertz CT molecular complexity index is 1390. The third-order valence-electron chi connectivity index (χ3n) is 5.19. The van der Waals surface area contributed by atoms with E-state index < -0.39 is 23.5 Å². The van der Waals surface area contributed by atoms with Crippen LogP contribution in [0, 0.1) is 0 Å². The molecule has 7 nitrogen and oxygen atoms in total. The van der Waals surface area contributed by atoms with Gasteiger partial charge in [0.1, 0.15) is 0 Å². The van der Waals surface area contributed by atoms with E-state index in [0.29, 0.717) is 32.4 Å². The first-order valence-corrected chi connectivity index (χ1v) is 10.8. The van der Waals surface area contributed by atoms with Gasteiger partial charge in [-0.1, -0.05) is 35.9 Å². The van der Waals surface area contributed by atoms with Crippen LogP contribution in [0.25, 0.3) is 11.0 Å². The number of para-hydroxylation sites is 1. The summed E-state index contributed by atoms with van der Waals surface area (Å²) in [6.45, 7) is 0. The molecule has 1 amide bonds. The Balaban J connectivity index is 1.67. The summed E-state index contributed by atoms with van der Waals surface area (Å²) in [4.78, 5) is 32.1. The fraction of sp³-hybridized carbons (Fsp3) is 0.0870. The molecule has 4 aromatic rings. The maximum atomic E-state index is 13.6. The van der Waals surface area contributed by atoms with Gasteiger partial charge in [0.05, 0.1) is 18.7 Å². The summed E-state index contributed by atoms with van der Waals surface area (Å²) in [6, 6.07) is 12.7. The molecule has 0 fully saturated rings. The summed E-state index contributed by atoms with van der Waals surface area (Å²) in [7, 11) is 1.50. The van der Waals surface area contributed by atoms with Crippen molar-refractivity contribution in [3.63, 3.8) is 0 Å². The first kappa shape index (κ1) is 20.3. The predicted octanol–water partition coefficient (Wildman–Crippen LogP) is 5.33. The first-order valence-electron chi connectivity index (χ1n) is 9.52. The van der Waals surface area contributed by atoms with Gasteiger partial charge in [0.2, 0.25) is 5.78 Å². The molecule has 0 saturated heterocycles. The molecular formula is C23H15ClN2O5S. The SMILES string of the molecule is COc1cccc2cc(C(=O)C3=C(O)C(=O)N(c4nccs4)C3c3cccc(Cl)c3)oc12.